The Morgan fingerprint density at radius 2 is 1.90 bits per heavy atom. The van der Waals surface area contributed by atoms with E-state index < -0.39 is 10.0 Å². The number of sulfonamides is 1. The third-order valence-electron chi connectivity index (χ3n) is 5.24. The molecular weight excluding hydrogens is 456 g/mol. The maximum atomic E-state index is 12.8. The van der Waals surface area contributed by atoms with Crippen LogP contribution in [0.15, 0.2) is 53.7 Å². The molecule has 0 saturated carbocycles. The highest BCUT2D eigenvalue weighted by Crippen LogP contribution is 2.32. The maximum Gasteiger partial charge on any atom is 0.244 e. The summed E-state index contributed by atoms with van der Waals surface area (Å²) in [6, 6.07) is 10.5. The molecular formula is C21H21ClN4O3S2. The third-order valence-corrected chi connectivity index (χ3v) is 8.26. The molecule has 0 atom stereocenters. The molecule has 1 fully saturated rings. The summed E-state index contributed by atoms with van der Waals surface area (Å²) in [5, 5.41) is 4.10. The lowest BCUT2D eigenvalue weighted by molar-refractivity contribution is -0.120. The highest BCUT2D eigenvalue weighted by atomic mass is 35.5. The second kappa shape index (κ2) is 9.04. The molecule has 31 heavy (non-hydrogen) atoms. The first-order valence-corrected chi connectivity index (χ1v) is 12.4. The van der Waals surface area contributed by atoms with Gasteiger partial charge in [0.05, 0.1) is 5.69 Å². The van der Waals surface area contributed by atoms with E-state index in [-0.39, 0.29) is 16.7 Å². The SMILES string of the molecule is Cc1sc(NC(=O)C2CCN(S(=O)(=O)c3cccnc3)CC2)nc1-c1ccc(Cl)cc1. The molecule has 3 heterocycles. The van der Waals surface area contributed by atoms with E-state index in [1.54, 1.807) is 18.2 Å². The maximum absolute atomic E-state index is 12.8. The number of carbonyl (C=O) groups excluding carboxylic acids is 1. The summed E-state index contributed by atoms with van der Waals surface area (Å²) in [4.78, 5) is 22.4. The second-order valence-electron chi connectivity index (χ2n) is 7.29. The minimum Gasteiger partial charge on any atom is -0.302 e. The average molecular weight is 477 g/mol. The van der Waals surface area contributed by atoms with E-state index >= 15 is 0 Å². The summed E-state index contributed by atoms with van der Waals surface area (Å²) in [5.41, 5.74) is 1.75. The van der Waals surface area contributed by atoms with Crippen LogP contribution >= 0.6 is 22.9 Å². The van der Waals surface area contributed by atoms with Gasteiger partial charge in [0.1, 0.15) is 4.90 Å². The average Bonchev–Trinajstić information content (AvgIpc) is 3.14. The second-order valence-corrected chi connectivity index (χ2v) is 10.9. The number of aromatic nitrogens is 2. The van der Waals surface area contributed by atoms with Crippen LogP contribution in [-0.4, -0.2) is 41.7 Å². The van der Waals surface area contributed by atoms with E-state index in [4.69, 9.17) is 11.6 Å². The molecule has 162 valence electrons. The monoisotopic (exact) mass is 476 g/mol. The largest absolute Gasteiger partial charge is 0.302 e. The topological polar surface area (TPSA) is 92.3 Å². The van der Waals surface area contributed by atoms with Crippen LogP contribution in [0.4, 0.5) is 5.13 Å². The number of halogens is 1. The quantitative estimate of drug-likeness (QED) is 0.595. The summed E-state index contributed by atoms with van der Waals surface area (Å²) in [6.45, 7) is 2.55. The molecule has 0 radical (unpaired) electrons. The Morgan fingerprint density at radius 1 is 1.19 bits per heavy atom. The van der Waals surface area contributed by atoms with Gasteiger partial charge in [0.15, 0.2) is 5.13 Å². The molecule has 7 nitrogen and oxygen atoms in total. The molecule has 1 saturated heterocycles. The number of amides is 1. The molecule has 3 aromatic rings. The smallest absolute Gasteiger partial charge is 0.244 e. The number of anilines is 1. The Balaban J connectivity index is 1.39. The lowest BCUT2D eigenvalue weighted by Crippen LogP contribution is -2.41. The lowest BCUT2D eigenvalue weighted by atomic mass is 9.97. The third kappa shape index (κ3) is 4.79. The van der Waals surface area contributed by atoms with E-state index in [9.17, 15) is 13.2 Å². The summed E-state index contributed by atoms with van der Waals surface area (Å²) in [7, 11) is -3.59. The van der Waals surface area contributed by atoms with Gasteiger partial charge in [-0.25, -0.2) is 13.4 Å². The Morgan fingerprint density at radius 3 is 2.55 bits per heavy atom. The van der Waals surface area contributed by atoms with Gasteiger partial charge >= 0.3 is 0 Å². The number of aryl methyl sites for hydroxylation is 1. The van der Waals surface area contributed by atoms with Crippen LogP contribution < -0.4 is 5.32 Å². The molecule has 10 heteroatoms. The number of thiazole rings is 1. The molecule has 4 rings (SSSR count). The van der Waals surface area contributed by atoms with E-state index in [1.165, 1.54) is 34.1 Å². The van der Waals surface area contributed by atoms with Crippen LogP contribution in [0.5, 0.6) is 0 Å². The molecule has 1 aliphatic heterocycles. The Labute approximate surface area is 190 Å². The molecule has 1 aromatic carbocycles. The van der Waals surface area contributed by atoms with Crippen molar-refractivity contribution >= 4 is 44.0 Å². The van der Waals surface area contributed by atoms with Gasteiger partial charge in [-0.05, 0) is 44.0 Å². The van der Waals surface area contributed by atoms with Crippen LogP contribution in [-0.2, 0) is 14.8 Å². The first-order valence-electron chi connectivity index (χ1n) is 9.79. The van der Waals surface area contributed by atoms with Gasteiger partial charge in [-0.1, -0.05) is 23.7 Å². The van der Waals surface area contributed by atoms with Crippen LogP contribution in [0.2, 0.25) is 5.02 Å². The molecule has 1 aliphatic rings. The van der Waals surface area contributed by atoms with E-state index in [0.717, 1.165) is 16.1 Å². The number of nitrogens with one attached hydrogen (secondary N) is 1. The van der Waals surface area contributed by atoms with Crippen molar-refractivity contribution < 1.29 is 13.2 Å². The first-order chi connectivity index (χ1) is 14.8. The number of pyridine rings is 1. The van der Waals surface area contributed by atoms with Crippen LogP contribution in [0.3, 0.4) is 0 Å². The standard InChI is InChI=1S/C21H21ClN4O3S2/c1-14-19(15-4-6-17(22)7-5-15)24-21(30-14)25-20(27)16-8-11-26(12-9-16)31(28,29)18-3-2-10-23-13-18/h2-7,10,13,16H,8-9,11-12H2,1H3,(H,24,25,27). The van der Waals surface area contributed by atoms with Crippen molar-refractivity contribution in [2.75, 3.05) is 18.4 Å². The lowest BCUT2D eigenvalue weighted by Gasteiger charge is -2.30. The minimum atomic E-state index is -3.59. The Kier molecular flexibility index (Phi) is 6.38. The van der Waals surface area contributed by atoms with Crippen LogP contribution in [0.25, 0.3) is 11.3 Å². The Hall–Kier alpha value is -2.33. The van der Waals surface area contributed by atoms with Crippen LogP contribution in [0.1, 0.15) is 17.7 Å². The molecule has 0 spiro atoms. The Bertz CT molecular complexity index is 1170. The minimum absolute atomic E-state index is 0.130. The number of rotatable bonds is 5. The zero-order valence-electron chi connectivity index (χ0n) is 16.8. The number of hydrogen-bond donors (Lipinski definition) is 1. The number of nitrogens with zero attached hydrogens (tertiary/aromatic N) is 3. The highest BCUT2D eigenvalue weighted by molar-refractivity contribution is 7.89. The van der Waals surface area contributed by atoms with Crippen LogP contribution in [0, 0.1) is 12.8 Å². The molecule has 0 unspecified atom stereocenters. The summed E-state index contributed by atoms with van der Waals surface area (Å²) in [5.74, 6) is -0.390. The molecule has 0 aliphatic carbocycles. The molecule has 0 bridgehead atoms. The summed E-state index contributed by atoms with van der Waals surface area (Å²) < 4.78 is 26.9. The van der Waals surface area contributed by atoms with Crippen molar-refractivity contribution in [1.29, 1.82) is 0 Å². The van der Waals surface area contributed by atoms with Gasteiger partial charge in [0.25, 0.3) is 0 Å². The number of benzene rings is 1. The van der Waals surface area contributed by atoms with Crippen molar-refractivity contribution in [2.45, 2.75) is 24.7 Å². The fourth-order valence-electron chi connectivity index (χ4n) is 3.54. The van der Waals surface area contributed by atoms with Gasteiger partial charge < -0.3 is 5.32 Å². The van der Waals surface area contributed by atoms with Gasteiger partial charge in [-0.3, -0.25) is 9.78 Å². The predicted octanol–water partition coefficient (Wildman–Crippen LogP) is 4.21. The molecule has 1 N–H and O–H groups in total. The highest BCUT2D eigenvalue weighted by Gasteiger charge is 2.32. The summed E-state index contributed by atoms with van der Waals surface area (Å²) in [6.07, 6.45) is 3.80. The normalized spacial score (nSPS) is 15.7. The van der Waals surface area contributed by atoms with E-state index in [2.05, 4.69) is 15.3 Å². The number of piperidine rings is 1. The van der Waals surface area contributed by atoms with Crippen molar-refractivity contribution in [3.8, 4) is 11.3 Å². The fraction of sp³-hybridized carbons (Fsp3) is 0.286. The summed E-state index contributed by atoms with van der Waals surface area (Å²) >= 11 is 7.37. The fourth-order valence-corrected chi connectivity index (χ4v) is 5.94. The molecule has 1 amide bonds. The first kappa shape index (κ1) is 21.9. The van der Waals surface area contributed by atoms with Crippen molar-refractivity contribution in [3.63, 3.8) is 0 Å². The van der Waals surface area contributed by atoms with Gasteiger partial charge in [-0.15, -0.1) is 11.3 Å². The van der Waals surface area contributed by atoms with E-state index in [1.807, 2.05) is 19.1 Å². The van der Waals surface area contributed by atoms with Gasteiger partial charge in [-0.2, -0.15) is 4.31 Å². The number of carbonyl (C=O) groups is 1. The zero-order chi connectivity index (χ0) is 22.0. The van der Waals surface area contributed by atoms with E-state index in [0.29, 0.717) is 36.1 Å². The van der Waals surface area contributed by atoms with Gasteiger partial charge in [0.2, 0.25) is 15.9 Å². The zero-order valence-corrected chi connectivity index (χ0v) is 19.2. The number of hydrogen-bond acceptors (Lipinski definition) is 6. The predicted molar refractivity (Wildman–Crippen MR) is 122 cm³/mol. The molecule has 2 aromatic heterocycles. The van der Waals surface area contributed by atoms with Crippen molar-refractivity contribution in [1.82, 2.24) is 14.3 Å². The van der Waals surface area contributed by atoms with Crippen molar-refractivity contribution in [3.05, 3.63) is 58.7 Å². The van der Waals surface area contributed by atoms with Crippen molar-refractivity contribution in [2.24, 2.45) is 5.92 Å². The van der Waals surface area contributed by atoms with Gasteiger partial charge in [0, 0.05) is 46.9 Å².